The molecule has 0 aliphatic carbocycles. The third-order valence-electron chi connectivity index (χ3n) is 3.13. The first-order valence-electron chi connectivity index (χ1n) is 6.22. The first-order valence-corrected chi connectivity index (χ1v) is 7.37. The van der Waals surface area contributed by atoms with Gasteiger partial charge in [0.25, 0.3) is 5.91 Å². The predicted octanol–water partition coefficient (Wildman–Crippen LogP) is 1.81. The van der Waals surface area contributed by atoms with Crippen molar-refractivity contribution in [3.8, 4) is 0 Å². The average molecular weight is 284 g/mol. The summed E-state index contributed by atoms with van der Waals surface area (Å²) < 4.78 is 18.7. The molecule has 0 radical (unpaired) electrons. The van der Waals surface area contributed by atoms with Crippen molar-refractivity contribution in [2.75, 3.05) is 31.8 Å². The van der Waals surface area contributed by atoms with E-state index in [1.54, 1.807) is 18.1 Å². The Morgan fingerprint density at radius 3 is 3.16 bits per heavy atom. The summed E-state index contributed by atoms with van der Waals surface area (Å²) in [6.45, 7) is 0.934. The van der Waals surface area contributed by atoms with Gasteiger partial charge in [-0.3, -0.25) is 4.79 Å². The molecule has 1 aliphatic rings. The molecule has 2 rings (SSSR count). The van der Waals surface area contributed by atoms with Crippen molar-refractivity contribution in [2.24, 2.45) is 0 Å². The van der Waals surface area contributed by atoms with Gasteiger partial charge in [0.05, 0.1) is 12.2 Å². The molecule has 0 bridgehead atoms. The van der Waals surface area contributed by atoms with E-state index in [2.05, 4.69) is 4.98 Å². The van der Waals surface area contributed by atoms with Gasteiger partial charge in [0.2, 0.25) is 5.95 Å². The van der Waals surface area contributed by atoms with Crippen molar-refractivity contribution in [1.29, 1.82) is 0 Å². The highest BCUT2D eigenvalue weighted by molar-refractivity contribution is 7.99. The van der Waals surface area contributed by atoms with E-state index >= 15 is 0 Å². The molecule has 0 aromatic carbocycles. The maximum atomic E-state index is 13.6. The number of pyridine rings is 1. The van der Waals surface area contributed by atoms with Crippen LogP contribution in [0.3, 0.4) is 0 Å². The number of aromatic nitrogens is 1. The van der Waals surface area contributed by atoms with Gasteiger partial charge < -0.3 is 9.64 Å². The van der Waals surface area contributed by atoms with E-state index in [4.69, 9.17) is 4.74 Å². The molecular weight excluding hydrogens is 267 g/mol. The lowest BCUT2D eigenvalue weighted by atomic mass is 10.1. The van der Waals surface area contributed by atoms with Crippen molar-refractivity contribution >= 4 is 17.7 Å². The molecule has 1 amide bonds. The molecule has 1 aromatic heterocycles. The standard InChI is InChI=1S/C13H17FN2O2S/c1-18-7-6-16(10-4-8-19-9-10)13(17)11-3-2-5-15-12(11)14/h2-3,5,10H,4,6-9H2,1H3. The predicted molar refractivity (Wildman–Crippen MR) is 72.8 cm³/mol. The maximum Gasteiger partial charge on any atom is 0.258 e. The zero-order chi connectivity index (χ0) is 13.7. The minimum atomic E-state index is -0.708. The number of carbonyl (C=O) groups excluding carboxylic acids is 1. The Kier molecular flexibility index (Phi) is 5.15. The molecule has 104 valence electrons. The lowest BCUT2D eigenvalue weighted by molar-refractivity contribution is 0.0619. The number of rotatable bonds is 5. The smallest absolute Gasteiger partial charge is 0.258 e. The molecule has 1 saturated heterocycles. The number of ether oxygens (including phenoxy) is 1. The fourth-order valence-electron chi connectivity index (χ4n) is 2.11. The Bertz CT molecular complexity index is 438. The molecule has 1 aromatic rings. The van der Waals surface area contributed by atoms with Gasteiger partial charge in [-0.25, -0.2) is 4.98 Å². The second-order valence-electron chi connectivity index (χ2n) is 4.35. The SMILES string of the molecule is COCCN(C(=O)c1cccnc1F)C1CCSC1. The van der Waals surface area contributed by atoms with Crippen molar-refractivity contribution in [3.05, 3.63) is 29.8 Å². The highest BCUT2D eigenvalue weighted by Crippen LogP contribution is 2.24. The maximum absolute atomic E-state index is 13.6. The Morgan fingerprint density at radius 2 is 2.53 bits per heavy atom. The normalized spacial score (nSPS) is 18.5. The van der Waals surface area contributed by atoms with Gasteiger partial charge in [-0.05, 0) is 24.3 Å². The molecule has 6 heteroatoms. The molecule has 1 fully saturated rings. The number of hydrogen-bond donors (Lipinski definition) is 0. The number of halogens is 1. The zero-order valence-corrected chi connectivity index (χ0v) is 11.7. The van der Waals surface area contributed by atoms with Crippen LogP contribution in [-0.2, 0) is 4.74 Å². The second-order valence-corrected chi connectivity index (χ2v) is 5.50. The van der Waals surface area contributed by atoms with Gasteiger partial charge in [-0.2, -0.15) is 16.2 Å². The Hall–Kier alpha value is -1.14. The Labute approximate surface area is 116 Å². The van der Waals surface area contributed by atoms with Gasteiger partial charge in [0.15, 0.2) is 0 Å². The second kappa shape index (κ2) is 6.86. The fourth-order valence-corrected chi connectivity index (χ4v) is 3.33. The molecule has 19 heavy (non-hydrogen) atoms. The van der Waals surface area contributed by atoms with Crippen LogP contribution in [0.25, 0.3) is 0 Å². The minimum absolute atomic E-state index is 0.0375. The zero-order valence-electron chi connectivity index (χ0n) is 10.8. The van der Waals surface area contributed by atoms with Crippen molar-refractivity contribution in [1.82, 2.24) is 9.88 Å². The lowest BCUT2D eigenvalue weighted by Gasteiger charge is -2.28. The van der Waals surface area contributed by atoms with Crippen LogP contribution >= 0.6 is 11.8 Å². The summed E-state index contributed by atoms with van der Waals surface area (Å²) in [7, 11) is 1.59. The summed E-state index contributed by atoms with van der Waals surface area (Å²) >= 11 is 1.82. The average Bonchev–Trinajstić information content (AvgIpc) is 2.93. The van der Waals surface area contributed by atoms with Crippen molar-refractivity contribution in [3.63, 3.8) is 0 Å². The van der Waals surface area contributed by atoms with Crippen LogP contribution < -0.4 is 0 Å². The molecule has 2 heterocycles. The summed E-state index contributed by atoms with van der Waals surface area (Å²) in [6, 6.07) is 3.22. The summed E-state index contributed by atoms with van der Waals surface area (Å²) in [5.41, 5.74) is 0.0375. The van der Waals surface area contributed by atoms with Crippen LogP contribution in [0.4, 0.5) is 4.39 Å². The Balaban J connectivity index is 2.17. The fraction of sp³-hybridized carbons (Fsp3) is 0.538. The van der Waals surface area contributed by atoms with E-state index in [1.165, 1.54) is 12.3 Å². The molecule has 0 N–H and O–H groups in total. The molecule has 0 spiro atoms. The van der Waals surface area contributed by atoms with Crippen molar-refractivity contribution in [2.45, 2.75) is 12.5 Å². The van der Waals surface area contributed by atoms with Gasteiger partial charge in [0.1, 0.15) is 0 Å². The number of amides is 1. The quantitative estimate of drug-likeness (QED) is 0.774. The van der Waals surface area contributed by atoms with E-state index in [1.807, 2.05) is 11.8 Å². The summed E-state index contributed by atoms with van der Waals surface area (Å²) in [5, 5.41) is 0. The molecule has 1 atom stereocenters. The monoisotopic (exact) mass is 284 g/mol. The van der Waals surface area contributed by atoms with Crippen LogP contribution in [0.5, 0.6) is 0 Å². The lowest BCUT2D eigenvalue weighted by Crippen LogP contribution is -2.42. The number of carbonyl (C=O) groups is 1. The molecule has 1 unspecified atom stereocenters. The van der Waals surface area contributed by atoms with E-state index in [-0.39, 0.29) is 17.5 Å². The summed E-state index contributed by atoms with van der Waals surface area (Å²) in [4.78, 5) is 17.7. The molecule has 4 nitrogen and oxygen atoms in total. The topological polar surface area (TPSA) is 42.4 Å². The molecular formula is C13H17FN2O2S. The summed E-state index contributed by atoms with van der Waals surface area (Å²) in [5.74, 6) is 0.935. The van der Waals surface area contributed by atoms with Gasteiger partial charge >= 0.3 is 0 Å². The van der Waals surface area contributed by atoms with Gasteiger partial charge in [0, 0.05) is 31.6 Å². The number of thioether (sulfide) groups is 1. The van der Waals surface area contributed by atoms with Gasteiger partial charge in [-0.1, -0.05) is 0 Å². The van der Waals surface area contributed by atoms with E-state index in [0.717, 1.165) is 17.9 Å². The largest absolute Gasteiger partial charge is 0.383 e. The van der Waals surface area contributed by atoms with Crippen LogP contribution in [-0.4, -0.2) is 53.6 Å². The third-order valence-corrected chi connectivity index (χ3v) is 4.28. The van der Waals surface area contributed by atoms with Crippen LogP contribution in [0, 0.1) is 5.95 Å². The van der Waals surface area contributed by atoms with Crippen molar-refractivity contribution < 1.29 is 13.9 Å². The minimum Gasteiger partial charge on any atom is -0.383 e. The highest BCUT2D eigenvalue weighted by Gasteiger charge is 2.29. The first kappa shape index (κ1) is 14.3. The van der Waals surface area contributed by atoms with E-state index in [0.29, 0.717) is 13.2 Å². The molecule has 0 saturated carbocycles. The van der Waals surface area contributed by atoms with Crippen LogP contribution in [0.1, 0.15) is 16.8 Å². The number of methoxy groups -OCH3 is 1. The van der Waals surface area contributed by atoms with E-state index in [9.17, 15) is 9.18 Å². The third kappa shape index (κ3) is 3.45. The number of nitrogens with zero attached hydrogens (tertiary/aromatic N) is 2. The van der Waals surface area contributed by atoms with Crippen LogP contribution in [0.2, 0.25) is 0 Å². The van der Waals surface area contributed by atoms with Crippen LogP contribution in [0.15, 0.2) is 18.3 Å². The van der Waals surface area contributed by atoms with E-state index < -0.39 is 5.95 Å². The Morgan fingerprint density at radius 1 is 1.68 bits per heavy atom. The van der Waals surface area contributed by atoms with Gasteiger partial charge in [-0.15, -0.1) is 0 Å². The summed E-state index contributed by atoms with van der Waals surface area (Å²) in [6.07, 6.45) is 2.29. The molecule has 1 aliphatic heterocycles. The highest BCUT2D eigenvalue weighted by atomic mass is 32.2. The number of hydrogen-bond acceptors (Lipinski definition) is 4. The first-order chi connectivity index (χ1) is 9.24.